The fraction of sp³-hybridized carbons (Fsp3) is 0. The summed E-state index contributed by atoms with van der Waals surface area (Å²) in [5.41, 5.74) is 0.922. The molecule has 3 nitrogen and oxygen atoms in total. The standard InChI is InChI=1S/C8H5Br2N3/c9-6-3-7(5-11-4-6)13-8(10)1-2-12-13/h1-5H. The Kier molecular flexibility index (Phi) is 2.46. The summed E-state index contributed by atoms with van der Waals surface area (Å²) < 4.78 is 3.61. The Morgan fingerprint density at radius 2 is 2.08 bits per heavy atom. The molecule has 0 fully saturated rings. The fourth-order valence-electron chi connectivity index (χ4n) is 0.994. The zero-order chi connectivity index (χ0) is 9.26. The zero-order valence-corrected chi connectivity index (χ0v) is 9.66. The quantitative estimate of drug-likeness (QED) is 0.811. The van der Waals surface area contributed by atoms with E-state index in [1.807, 2.05) is 12.1 Å². The first-order chi connectivity index (χ1) is 6.27. The Hall–Kier alpha value is -0.680. The highest BCUT2D eigenvalue weighted by Crippen LogP contribution is 2.17. The molecule has 5 heteroatoms. The highest BCUT2D eigenvalue weighted by atomic mass is 79.9. The largest absolute Gasteiger partial charge is 0.261 e. The third kappa shape index (κ3) is 1.81. The smallest absolute Gasteiger partial charge is 0.109 e. The molecule has 0 N–H and O–H groups in total. The van der Waals surface area contributed by atoms with Crippen LogP contribution in [-0.2, 0) is 0 Å². The molecular formula is C8H5Br2N3. The maximum absolute atomic E-state index is 4.14. The van der Waals surface area contributed by atoms with Gasteiger partial charge in [0.25, 0.3) is 0 Å². The second kappa shape index (κ2) is 3.59. The summed E-state index contributed by atoms with van der Waals surface area (Å²) in [4.78, 5) is 4.05. The van der Waals surface area contributed by atoms with Gasteiger partial charge in [0, 0.05) is 10.7 Å². The van der Waals surface area contributed by atoms with Gasteiger partial charge in [0.1, 0.15) is 4.60 Å². The summed E-state index contributed by atoms with van der Waals surface area (Å²) >= 11 is 6.74. The van der Waals surface area contributed by atoms with Crippen LogP contribution in [0.5, 0.6) is 0 Å². The maximum atomic E-state index is 4.14. The minimum atomic E-state index is 0.910. The molecule has 0 saturated heterocycles. The SMILES string of the molecule is Brc1cncc(-n2nccc2Br)c1. The summed E-state index contributed by atoms with van der Waals surface area (Å²) in [5.74, 6) is 0. The van der Waals surface area contributed by atoms with Crippen LogP contribution in [0.2, 0.25) is 0 Å². The van der Waals surface area contributed by atoms with Crippen molar-refractivity contribution in [1.82, 2.24) is 14.8 Å². The Balaban J connectivity index is 2.53. The van der Waals surface area contributed by atoms with Crippen LogP contribution >= 0.6 is 31.9 Å². The van der Waals surface area contributed by atoms with Crippen molar-refractivity contribution in [3.63, 3.8) is 0 Å². The molecule has 0 atom stereocenters. The highest BCUT2D eigenvalue weighted by molar-refractivity contribution is 9.10. The number of aromatic nitrogens is 3. The topological polar surface area (TPSA) is 30.7 Å². The van der Waals surface area contributed by atoms with E-state index in [1.54, 1.807) is 23.3 Å². The van der Waals surface area contributed by atoms with Crippen LogP contribution < -0.4 is 0 Å². The van der Waals surface area contributed by atoms with Crippen LogP contribution in [0.25, 0.3) is 5.69 Å². The first-order valence-electron chi connectivity index (χ1n) is 3.58. The van der Waals surface area contributed by atoms with Gasteiger partial charge in [-0.05, 0) is 44.0 Å². The van der Waals surface area contributed by atoms with Gasteiger partial charge >= 0.3 is 0 Å². The monoisotopic (exact) mass is 301 g/mol. The summed E-state index contributed by atoms with van der Waals surface area (Å²) in [6.07, 6.45) is 5.22. The van der Waals surface area contributed by atoms with Crippen molar-refractivity contribution in [2.24, 2.45) is 0 Å². The van der Waals surface area contributed by atoms with Crippen LogP contribution in [0.4, 0.5) is 0 Å². The Labute approximate surface area is 92.1 Å². The number of hydrogen-bond donors (Lipinski definition) is 0. The Bertz CT molecular complexity index is 425. The van der Waals surface area contributed by atoms with Crippen molar-refractivity contribution in [3.05, 3.63) is 39.8 Å². The van der Waals surface area contributed by atoms with Crippen LogP contribution in [0.15, 0.2) is 39.8 Å². The molecule has 0 radical (unpaired) electrons. The number of nitrogens with zero attached hydrogens (tertiary/aromatic N) is 3. The third-order valence-electron chi connectivity index (χ3n) is 1.53. The van der Waals surface area contributed by atoms with Crippen LogP contribution in [-0.4, -0.2) is 14.8 Å². The van der Waals surface area contributed by atoms with Crippen LogP contribution in [0.1, 0.15) is 0 Å². The molecule has 0 aliphatic carbocycles. The number of rotatable bonds is 1. The number of halogens is 2. The number of pyridine rings is 1. The molecule has 66 valence electrons. The van der Waals surface area contributed by atoms with E-state index >= 15 is 0 Å². The van der Waals surface area contributed by atoms with E-state index < -0.39 is 0 Å². The lowest BCUT2D eigenvalue weighted by Crippen LogP contribution is -1.96. The highest BCUT2D eigenvalue weighted by Gasteiger charge is 2.01. The molecule has 2 rings (SSSR count). The normalized spacial score (nSPS) is 10.3. The molecule has 0 aliphatic rings. The molecule has 0 spiro atoms. The van der Waals surface area contributed by atoms with Gasteiger partial charge in [0.15, 0.2) is 0 Å². The summed E-state index contributed by atoms with van der Waals surface area (Å²) in [6, 6.07) is 3.83. The Morgan fingerprint density at radius 1 is 1.23 bits per heavy atom. The molecule has 2 heterocycles. The van der Waals surface area contributed by atoms with E-state index in [0.717, 1.165) is 14.8 Å². The maximum Gasteiger partial charge on any atom is 0.109 e. The average molecular weight is 303 g/mol. The van der Waals surface area contributed by atoms with Crippen molar-refractivity contribution in [1.29, 1.82) is 0 Å². The predicted molar refractivity (Wildman–Crippen MR) is 56.8 cm³/mol. The summed E-state index contributed by atoms with van der Waals surface area (Å²) in [5, 5.41) is 4.14. The first kappa shape index (κ1) is 8.90. The zero-order valence-electron chi connectivity index (χ0n) is 6.48. The molecule has 0 amide bonds. The molecule has 2 aromatic heterocycles. The van der Waals surface area contributed by atoms with E-state index in [4.69, 9.17) is 0 Å². The van der Waals surface area contributed by atoms with Crippen molar-refractivity contribution in [2.45, 2.75) is 0 Å². The second-order valence-electron chi connectivity index (χ2n) is 2.43. The molecule has 0 aliphatic heterocycles. The minimum absolute atomic E-state index is 0.910. The predicted octanol–water partition coefficient (Wildman–Crippen LogP) is 2.79. The van der Waals surface area contributed by atoms with Gasteiger partial charge in [-0.3, -0.25) is 4.98 Å². The van der Waals surface area contributed by atoms with Crippen molar-refractivity contribution >= 4 is 31.9 Å². The molecular weight excluding hydrogens is 298 g/mol. The average Bonchev–Trinajstić information content (AvgIpc) is 2.51. The lowest BCUT2D eigenvalue weighted by molar-refractivity contribution is 0.854. The van der Waals surface area contributed by atoms with E-state index in [-0.39, 0.29) is 0 Å². The van der Waals surface area contributed by atoms with Gasteiger partial charge < -0.3 is 0 Å². The first-order valence-corrected chi connectivity index (χ1v) is 5.16. The molecule has 13 heavy (non-hydrogen) atoms. The molecule has 0 saturated carbocycles. The summed E-state index contributed by atoms with van der Waals surface area (Å²) in [6.45, 7) is 0. The van der Waals surface area contributed by atoms with Gasteiger partial charge in [0.05, 0.1) is 18.1 Å². The van der Waals surface area contributed by atoms with E-state index in [2.05, 4.69) is 41.9 Å². The lowest BCUT2D eigenvalue weighted by Gasteiger charge is -2.01. The van der Waals surface area contributed by atoms with Gasteiger partial charge in [0.2, 0.25) is 0 Å². The van der Waals surface area contributed by atoms with Gasteiger partial charge in [-0.25, -0.2) is 4.68 Å². The molecule has 0 aromatic carbocycles. The van der Waals surface area contributed by atoms with Gasteiger partial charge in [-0.1, -0.05) is 0 Å². The molecule has 0 unspecified atom stereocenters. The minimum Gasteiger partial charge on any atom is -0.261 e. The lowest BCUT2D eigenvalue weighted by atomic mass is 10.4. The van der Waals surface area contributed by atoms with E-state index in [9.17, 15) is 0 Å². The second-order valence-corrected chi connectivity index (χ2v) is 4.16. The molecule has 0 bridgehead atoms. The van der Waals surface area contributed by atoms with Gasteiger partial charge in [-0.2, -0.15) is 5.10 Å². The van der Waals surface area contributed by atoms with Crippen molar-refractivity contribution in [3.8, 4) is 5.69 Å². The van der Waals surface area contributed by atoms with Crippen molar-refractivity contribution in [2.75, 3.05) is 0 Å². The van der Waals surface area contributed by atoms with Crippen LogP contribution in [0, 0.1) is 0 Å². The van der Waals surface area contributed by atoms with Crippen LogP contribution in [0.3, 0.4) is 0 Å². The fourth-order valence-corrected chi connectivity index (χ4v) is 1.76. The van der Waals surface area contributed by atoms with E-state index in [0.29, 0.717) is 0 Å². The molecule has 2 aromatic rings. The summed E-state index contributed by atoms with van der Waals surface area (Å²) in [7, 11) is 0. The number of hydrogen-bond acceptors (Lipinski definition) is 2. The third-order valence-corrected chi connectivity index (χ3v) is 2.57. The van der Waals surface area contributed by atoms with E-state index in [1.165, 1.54) is 0 Å². The van der Waals surface area contributed by atoms with Crippen molar-refractivity contribution < 1.29 is 0 Å². The Morgan fingerprint density at radius 3 is 2.69 bits per heavy atom. The van der Waals surface area contributed by atoms with Gasteiger partial charge in [-0.15, -0.1) is 0 Å².